The fourth-order valence-electron chi connectivity index (χ4n) is 12.0. The van der Waals surface area contributed by atoms with E-state index in [1.807, 2.05) is 0 Å². The Hall–Kier alpha value is -3.24. The van der Waals surface area contributed by atoms with Crippen molar-refractivity contribution < 1.29 is 80.2 Å². The quantitative estimate of drug-likeness (QED) is 0.0169. The average Bonchev–Trinajstić information content (AvgIpc) is 0.918. The van der Waals surface area contributed by atoms with Crippen molar-refractivity contribution in [2.75, 3.05) is 39.6 Å². The number of carbonyl (C=O) groups is 4. The minimum absolute atomic E-state index is 0.0984. The molecule has 5 atom stereocenters. The van der Waals surface area contributed by atoms with Gasteiger partial charge in [-0.2, -0.15) is 0 Å². The van der Waals surface area contributed by atoms with Crippen molar-refractivity contribution in [3.63, 3.8) is 0 Å². The molecular weight excluding hydrogens is 1350 g/mol. The van der Waals surface area contributed by atoms with Crippen molar-refractivity contribution in [1.82, 2.24) is 0 Å². The Kier molecular flexibility index (Phi) is 75.5. The van der Waals surface area contributed by atoms with Crippen molar-refractivity contribution in [3.8, 4) is 0 Å². The van der Waals surface area contributed by atoms with Crippen LogP contribution >= 0.6 is 15.6 Å². The maximum atomic E-state index is 13.1. The monoisotopic (exact) mass is 1510 g/mol. The van der Waals surface area contributed by atoms with Gasteiger partial charge in [-0.15, -0.1) is 0 Å². The predicted molar refractivity (Wildman–Crippen MR) is 427 cm³/mol. The summed E-state index contributed by atoms with van der Waals surface area (Å²) < 4.78 is 68.8. The topological polar surface area (TPSA) is 237 Å². The number of hydrogen-bond acceptors (Lipinski definition) is 15. The molecular formula is C85H156O17P2. The summed E-state index contributed by atoms with van der Waals surface area (Å²) in [7, 11) is -9.95. The Labute approximate surface area is 635 Å². The van der Waals surface area contributed by atoms with Crippen LogP contribution in [0.2, 0.25) is 0 Å². The van der Waals surface area contributed by atoms with Gasteiger partial charge in [0.05, 0.1) is 26.4 Å². The molecule has 0 amide bonds. The van der Waals surface area contributed by atoms with E-state index >= 15 is 0 Å². The van der Waals surface area contributed by atoms with Crippen molar-refractivity contribution >= 4 is 39.5 Å². The fraction of sp³-hybridized carbons (Fsp3) is 0.835. The molecule has 0 aromatic rings. The van der Waals surface area contributed by atoms with Gasteiger partial charge in [-0.25, -0.2) is 9.13 Å². The van der Waals surface area contributed by atoms with E-state index in [0.29, 0.717) is 25.7 Å². The molecule has 0 saturated carbocycles. The van der Waals surface area contributed by atoms with Gasteiger partial charge < -0.3 is 33.8 Å². The lowest BCUT2D eigenvalue weighted by molar-refractivity contribution is -0.161. The first-order chi connectivity index (χ1) is 50.7. The first kappa shape index (κ1) is 101. The van der Waals surface area contributed by atoms with Crippen LogP contribution in [0, 0.1) is 0 Å². The number of aliphatic hydroxyl groups is 1. The molecule has 0 aliphatic rings. The lowest BCUT2D eigenvalue weighted by Gasteiger charge is -2.21. The zero-order chi connectivity index (χ0) is 76.0. The third kappa shape index (κ3) is 76.9. The number of carbonyl (C=O) groups excluding carboxylic acids is 4. The van der Waals surface area contributed by atoms with Crippen molar-refractivity contribution in [2.24, 2.45) is 0 Å². The number of phosphoric acid groups is 2. The lowest BCUT2D eigenvalue weighted by Crippen LogP contribution is -2.30. The molecule has 0 aromatic heterocycles. The van der Waals surface area contributed by atoms with Crippen LogP contribution in [0.25, 0.3) is 0 Å². The van der Waals surface area contributed by atoms with E-state index in [1.54, 1.807) is 0 Å². The molecule has 608 valence electrons. The van der Waals surface area contributed by atoms with Crippen LogP contribution in [0.15, 0.2) is 60.8 Å². The summed E-state index contributed by atoms with van der Waals surface area (Å²) in [4.78, 5) is 73.2. The number of allylic oxidation sites excluding steroid dienone is 10. The van der Waals surface area contributed by atoms with Crippen molar-refractivity contribution in [3.05, 3.63) is 60.8 Å². The number of hydrogen-bond donors (Lipinski definition) is 3. The van der Waals surface area contributed by atoms with E-state index in [-0.39, 0.29) is 25.7 Å². The highest BCUT2D eigenvalue weighted by Crippen LogP contribution is 2.45. The predicted octanol–water partition coefficient (Wildman–Crippen LogP) is 25.0. The molecule has 0 heterocycles. The average molecular weight is 1510 g/mol. The minimum atomic E-state index is -4.98. The molecule has 0 saturated heterocycles. The van der Waals surface area contributed by atoms with Crippen molar-refractivity contribution in [1.29, 1.82) is 0 Å². The molecule has 104 heavy (non-hydrogen) atoms. The molecule has 5 unspecified atom stereocenters. The van der Waals surface area contributed by atoms with Crippen LogP contribution in [0.3, 0.4) is 0 Å². The van der Waals surface area contributed by atoms with E-state index < -0.39 is 97.5 Å². The third-order valence-corrected chi connectivity index (χ3v) is 20.4. The van der Waals surface area contributed by atoms with E-state index in [2.05, 4.69) is 88.5 Å². The van der Waals surface area contributed by atoms with Gasteiger partial charge in [0.15, 0.2) is 12.2 Å². The highest BCUT2D eigenvalue weighted by atomic mass is 31.2. The number of aliphatic hydroxyl groups excluding tert-OH is 1. The van der Waals surface area contributed by atoms with Crippen LogP contribution in [0.4, 0.5) is 0 Å². The van der Waals surface area contributed by atoms with E-state index in [1.165, 1.54) is 167 Å². The van der Waals surface area contributed by atoms with Gasteiger partial charge in [0.1, 0.15) is 19.3 Å². The number of phosphoric ester groups is 2. The summed E-state index contributed by atoms with van der Waals surface area (Å²) in [6.45, 7) is 4.85. The van der Waals surface area contributed by atoms with Gasteiger partial charge in [0.25, 0.3) is 0 Å². The summed E-state index contributed by atoms with van der Waals surface area (Å²) in [5, 5.41) is 10.7. The molecule has 3 N–H and O–H groups in total. The molecule has 0 fully saturated rings. The van der Waals surface area contributed by atoms with Gasteiger partial charge in [0.2, 0.25) is 0 Å². The lowest BCUT2D eigenvalue weighted by atomic mass is 10.0. The maximum absolute atomic E-state index is 13.1. The minimum Gasteiger partial charge on any atom is -0.462 e. The van der Waals surface area contributed by atoms with Crippen LogP contribution < -0.4 is 0 Å². The summed E-state index contributed by atoms with van der Waals surface area (Å²) in [6.07, 6.45) is 78.9. The second-order valence-electron chi connectivity index (χ2n) is 28.8. The number of rotatable bonds is 81. The zero-order valence-corrected chi connectivity index (χ0v) is 68.5. The van der Waals surface area contributed by atoms with Crippen LogP contribution in [0.5, 0.6) is 0 Å². The van der Waals surface area contributed by atoms with E-state index in [0.717, 1.165) is 154 Å². The van der Waals surface area contributed by atoms with Gasteiger partial charge in [-0.3, -0.25) is 37.3 Å². The Morgan fingerprint density at radius 3 is 0.779 bits per heavy atom. The molecule has 17 nitrogen and oxygen atoms in total. The van der Waals surface area contributed by atoms with E-state index in [9.17, 15) is 43.2 Å². The Balaban J connectivity index is 5.33. The van der Waals surface area contributed by atoms with Gasteiger partial charge >= 0.3 is 39.5 Å². The molecule has 0 radical (unpaired) electrons. The highest BCUT2D eigenvalue weighted by molar-refractivity contribution is 7.47. The Bertz CT molecular complexity index is 2200. The molecule has 0 spiro atoms. The number of unbranched alkanes of at least 4 members (excludes halogenated alkanes) is 45. The summed E-state index contributed by atoms with van der Waals surface area (Å²) >= 11 is 0. The Morgan fingerprint density at radius 2 is 0.500 bits per heavy atom. The second kappa shape index (κ2) is 77.9. The SMILES string of the molecule is CC/C=C\C/C=C\C/C=C\C/C=C\CCCCCCCCC(=O)OCC(COP(=O)(O)OCC(O)COP(=O)(O)OCC(COC(=O)CCCCCCC/C=C\CCCCCCCC)OC(=O)CCCCCCCCCCCCCCCCC)OC(=O)CCCCCCCCCCCCCCCCC. The summed E-state index contributed by atoms with van der Waals surface area (Å²) in [5.74, 6) is -2.15. The smallest absolute Gasteiger partial charge is 0.462 e. The molecule has 0 aromatic carbocycles. The molecule has 0 aliphatic heterocycles. The first-order valence-corrected chi connectivity index (χ1v) is 45.5. The second-order valence-corrected chi connectivity index (χ2v) is 31.7. The van der Waals surface area contributed by atoms with Crippen LogP contribution in [0.1, 0.15) is 400 Å². The van der Waals surface area contributed by atoms with Gasteiger partial charge in [-0.05, 0) is 89.9 Å². The first-order valence-electron chi connectivity index (χ1n) is 42.5. The molecule has 0 rings (SSSR count). The summed E-state index contributed by atoms with van der Waals surface area (Å²) in [5.41, 5.74) is 0. The van der Waals surface area contributed by atoms with Crippen LogP contribution in [-0.4, -0.2) is 96.7 Å². The summed E-state index contributed by atoms with van der Waals surface area (Å²) in [6, 6.07) is 0. The largest absolute Gasteiger partial charge is 0.472 e. The normalized spacial score (nSPS) is 14.1. The zero-order valence-electron chi connectivity index (χ0n) is 66.7. The Morgan fingerprint density at radius 1 is 0.279 bits per heavy atom. The van der Waals surface area contributed by atoms with Gasteiger partial charge in [0, 0.05) is 25.7 Å². The van der Waals surface area contributed by atoms with E-state index in [4.69, 9.17) is 37.0 Å². The fourth-order valence-corrected chi connectivity index (χ4v) is 13.6. The maximum Gasteiger partial charge on any atom is 0.472 e. The third-order valence-electron chi connectivity index (χ3n) is 18.5. The standard InChI is InChI=1S/C85H156O17P2/c1-5-9-13-17-21-25-29-33-37-38-39-40-44-46-50-54-58-62-66-70-83(88)96-76-81(102-85(90)72-68-64-60-56-52-48-43-36-32-28-24-20-16-12-8-4)78-100-104(93,94)98-74-79(86)73-97-103(91,92)99-77-80(101-84(89)71-67-63-59-55-51-47-42-35-31-27-23-19-15-11-7-3)75-95-82(87)69-65-61-57-53-49-45-41-34-30-26-22-18-14-10-6-2/h9,13,21,25,33-34,37,39-41,79-81,86H,5-8,10-12,14-20,22-24,26-32,35-36,38,42-78H2,1-4H3,(H,91,92)(H,93,94)/b13-9-,25-21-,37-33-,40-39-,41-34-. The molecule has 0 bridgehead atoms. The van der Waals surface area contributed by atoms with Gasteiger partial charge in [-0.1, -0.05) is 345 Å². The number of ether oxygens (including phenoxy) is 4. The number of esters is 4. The van der Waals surface area contributed by atoms with Crippen LogP contribution in [-0.2, 0) is 65.4 Å². The molecule has 0 aliphatic carbocycles. The van der Waals surface area contributed by atoms with Crippen molar-refractivity contribution in [2.45, 2.75) is 418 Å². The highest BCUT2D eigenvalue weighted by Gasteiger charge is 2.30. The molecule has 19 heteroatoms.